The topological polar surface area (TPSA) is 26.3 Å². The maximum atomic E-state index is 11.7. The molecule has 0 aliphatic carbocycles. The SMILES string of the molecule is O=C(OCBr)c1cc(-c2ccccc2)ccc1Cl. The first-order valence-electron chi connectivity index (χ1n) is 5.30. The van der Waals surface area contributed by atoms with Crippen LogP contribution in [0.2, 0.25) is 5.02 Å². The number of ether oxygens (including phenoxy) is 1. The zero-order valence-electron chi connectivity index (χ0n) is 9.40. The van der Waals surface area contributed by atoms with Gasteiger partial charge in [-0.15, -0.1) is 0 Å². The molecular formula is C14H10BrClO2. The van der Waals surface area contributed by atoms with Crippen LogP contribution in [-0.4, -0.2) is 11.5 Å². The molecule has 2 aromatic carbocycles. The Balaban J connectivity index is 2.41. The molecule has 2 nitrogen and oxygen atoms in total. The van der Waals surface area contributed by atoms with E-state index < -0.39 is 5.97 Å². The van der Waals surface area contributed by atoms with Gasteiger partial charge in [0, 0.05) is 0 Å². The summed E-state index contributed by atoms with van der Waals surface area (Å²) >= 11 is 9.05. The molecule has 0 aliphatic heterocycles. The number of halogens is 2. The highest BCUT2D eigenvalue weighted by Gasteiger charge is 2.12. The normalized spacial score (nSPS) is 10.1. The Bertz CT molecular complexity index is 555. The molecule has 0 bridgehead atoms. The largest absolute Gasteiger partial charge is 0.450 e. The maximum Gasteiger partial charge on any atom is 0.340 e. The summed E-state index contributed by atoms with van der Waals surface area (Å²) < 4.78 is 4.89. The van der Waals surface area contributed by atoms with Crippen LogP contribution in [0, 0.1) is 0 Å². The van der Waals surface area contributed by atoms with Crippen LogP contribution in [0.5, 0.6) is 0 Å². The first-order chi connectivity index (χ1) is 8.72. The third-order valence-corrected chi connectivity index (χ3v) is 3.04. The average Bonchev–Trinajstić information content (AvgIpc) is 2.40. The summed E-state index contributed by atoms with van der Waals surface area (Å²) in [5.74, 6) is -0.436. The van der Waals surface area contributed by atoms with E-state index in [4.69, 9.17) is 16.3 Å². The van der Waals surface area contributed by atoms with Gasteiger partial charge in [0.25, 0.3) is 0 Å². The first-order valence-corrected chi connectivity index (χ1v) is 6.80. The van der Waals surface area contributed by atoms with Gasteiger partial charge in [0.05, 0.1) is 10.6 Å². The average molecular weight is 326 g/mol. The predicted octanol–water partition coefficient (Wildman–Crippen LogP) is 4.52. The standard InChI is InChI=1S/C14H10BrClO2/c15-9-18-14(17)12-8-11(6-7-13(12)16)10-4-2-1-3-5-10/h1-8H,9H2. The van der Waals surface area contributed by atoms with Crippen LogP contribution < -0.4 is 0 Å². The highest BCUT2D eigenvalue weighted by Crippen LogP contribution is 2.25. The van der Waals surface area contributed by atoms with Gasteiger partial charge in [-0.3, -0.25) is 0 Å². The number of alkyl halides is 1. The summed E-state index contributed by atoms with van der Waals surface area (Å²) in [6.45, 7) is 0. The molecule has 2 rings (SSSR count). The van der Waals surface area contributed by atoms with Gasteiger partial charge in [-0.1, -0.05) is 48.0 Å². The van der Waals surface area contributed by atoms with Crippen molar-refractivity contribution in [2.45, 2.75) is 0 Å². The third-order valence-electron chi connectivity index (χ3n) is 2.48. The minimum absolute atomic E-state index is 0.151. The molecule has 0 radical (unpaired) electrons. The molecule has 0 amide bonds. The summed E-state index contributed by atoms with van der Waals surface area (Å²) in [5, 5.41) is 0.389. The molecule has 0 heterocycles. The van der Waals surface area contributed by atoms with Crippen LogP contribution in [0.4, 0.5) is 0 Å². The van der Waals surface area contributed by atoms with E-state index in [0.717, 1.165) is 11.1 Å². The number of carbonyl (C=O) groups is 1. The van der Waals surface area contributed by atoms with Gasteiger partial charge in [0.1, 0.15) is 5.52 Å². The third kappa shape index (κ3) is 2.92. The molecule has 2 aromatic rings. The Morgan fingerprint density at radius 2 is 1.83 bits per heavy atom. The molecule has 0 aromatic heterocycles. The van der Waals surface area contributed by atoms with Gasteiger partial charge in [-0.05, 0) is 39.2 Å². The number of hydrogen-bond donors (Lipinski definition) is 0. The van der Waals surface area contributed by atoms with Crippen LogP contribution in [-0.2, 0) is 4.74 Å². The molecular weight excluding hydrogens is 316 g/mol. The lowest BCUT2D eigenvalue weighted by molar-refractivity contribution is 0.0584. The monoisotopic (exact) mass is 324 g/mol. The van der Waals surface area contributed by atoms with E-state index in [9.17, 15) is 4.79 Å². The fourth-order valence-electron chi connectivity index (χ4n) is 1.62. The second kappa shape index (κ2) is 6.03. The van der Waals surface area contributed by atoms with Gasteiger partial charge in [0.15, 0.2) is 0 Å². The predicted molar refractivity (Wildman–Crippen MR) is 76.1 cm³/mol. The van der Waals surface area contributed by atoms with Crippen molar-refractivity contribution >= 4 is 33.5 Å². The number of esters is 1. The van der Waals surface area contributed by atoms with Gasteiger partial charge in [-0.25, -0.2) is 4.79 Å². The fraction of sp³-hybridized carbons (Fsp3) is 0.0714. The van der Waals surface area contributed by atoms with E-state index >= 15 is 0 Å². The molecule has 0 saturated carbocycles. The summed E-state index contributed by atoms with van der Waals surface area (Å²) in [6.07, 6.45) is 0. The van der Waals surface area contributed by atoms with Gasteiger partial charge in [-0.2, -0.15) is 0 Å². The lowest BCUT2D eigenvalue weighted by atomic mass is 10.0. The van der Waals surface area contributed by atoms with Crippen molar-refractivity contribution in [1.82, 2.24) is 0 Å². The second-order valence-electron chi connectivity index (χ2n) is 3.60. The van der Waals surface area contributed by atoms with Crippen LogP contribution in [0.3, 0.4) is 0 Å². The lowest BCUT2D eigenvalue weighted by Crippen LogP contribution is -2.04. The smallest absolute Gasteiger partial charge is 0.340 e. The quantitative estimate of drug-likeness (QED) is 0.613. The Labute approximate surface area is 119 Å². The molecule has 0 atom stereocenters. The minimum atomic E-state index is -0.436. The Morgan fingerprint density at radius 1 is 1.11 bits per heavy atom. The van der Waals surface area contributed by atoms with Crippen molar-refractivity contribution in [2.24, 2.45) is 0 Å². The molecule has 4 heteroatoms. The Kier molecular flexibility index (Phi) is 4.39. The van der Waals surface area contributed by atoms with Gasteiger partial charge >= 0.3 is 5.97 Å². The zero-order chi connectivity index (χ0) is 13.0. The molecule has 0 spiro atoms. The first kappa shape index (κ1) is 13.1. The molecule has 0 fully saturated rings. The van der Waals surface area contributed by atoms with Crippen LogP contribution in [0.1, 0.15) is 10.4 Å². The highest BCUT2D eigenvalue weighted by molar-refractivity contribution is 9.09. The van der Waals surface area contributed by atoms with E-state index in [1.54, 1.807) is 12.1 Å². The molecule has 0 unspecified atom stereocenters. The van der Waals surface area contributed by atoms with Crippen molar-refractivity contribution in [2.75, 3.05) is 5.52 Å². The fourth-order valence-corrected chi connectivity index (χ4v) is 2.02. The van der Waals surface area contributed by atoms with Crippen molar-refractivity contribution in [3.8, 4) is 11.1 Å². The molecule has 0 aliphatic rings. The van der Waals surface area contributed by atoms with Crippen molar-refractivity contribution < 1.29 is 9.53 Å². The summed E-state index contributed by atoms with van der Waals surface area (Å²) in [5.41, 5.74) is 2.48. The molecule has 18 heavy (non-hydrogen) atoms. The van der Waals surface area contributed by atoms with E-state index in [1.807, 2.05) is 36.4 Å². The molecule has 0 saturated heterocycles. The van der Waals surface area contributed by atoms with Crippen LogP contribution in [0.25, 0.3) is 11.1 Å². The van der Waals surface area contributed by atoms with E-state index in [-0.39, 0.29) is 5.52 Å². The lowest BCUT2D eigenvalue weighted by Gasteiger charge is -2.07. The van der Waals surface area contributed by atoms with E-state index in [1.165, 1.54) is 0 Å². The summed E-state index contributed by atoms with van der Waals surface area (Å²) in [7, 11) is 0. The van der Waals surface area contributed by atoms with Crippen molar-refractivity contribution in [3.63, 3.8) is 0 Å². The summed E-state index contributed by atoms with van der Waals surface area (Å²) in [4.78, 5) is 11.7. The Hall–Kier alpha value is -1.32. The number of hydrogen-bond acceptors (Lipinski definition) is 2. The van der Waals surface area contributed by atoms with Crippen molar-refractivity contribution in [3.05, 3.63) is 59.1 Å². The number of rotatable bonds is 3. The van der Waals surface area contributed by atoms with Gasteiger partial charge in [0.2, 0.25) is 0 Å². The van der Waals surface area contributed by atoms with Crippen LogP contribution >= 0.6 is 27.5 Å². The highest BCUT2D eigenvalue weighted by atomic mass is 79.9. The maximum absolute atomic E-state index is 11.7. The van der Waals surface area contributed by atoms with Crippen LogP contribution in [0.15, 0.2) is 48.5 Å². The van der Waals surface area contributed by atoms with Crippen molar-refractivity contribution in [1.29, 1.82) is 0 Å². The van der Waals surface area contributed by atoms with E-state index in [2.05, 4.69) is 15.9 Å². The second-order valence-corrected chi connectivity index (χ2v) is 4.47. The number of carbonyl (C=O) groups excluding carboxylic acids is 1. The minimum Gasteiger partial charge on any atom is -0.450 e. The van der Waals surface area contributed by atoms with Gasteiger partial charge < -0.3 is 4.74 Å². The Morgan fingerprint density at radius 3 is 2.50 bits per heavy atom. The summed E-state index contributed by atoms with van der Waals surface area (Å²) in [6, 6.07) is 15.1. The van der Waals surface area contributed by atoms with E-state index in [0.29, 0.717) is 10.6 Å². The molecule has 0 N–H and O–H groups in total. The molecule has 92 valence electrons. The number of benzene rings is 2. The zero-order valence-corrected chi connectivity index (χ0v) is 11.7.